The Balaban J connectivity index is 1.66. The van der Waals surface area contributed by atoms with Crippen LogP contribution >= 0.6 is 0 Å². The Labute approximate surface area is 108 Å². The third-order valence-electron chi connectivity index (χ3n) is 3.38. The third kappa shape index (κ3) is 3.57. The summed E-state index contributed by atoms with van der Waals surface area (Å²) in [4.78, 5) is 13.9. The van der Waals surface area contributed by atoms with Crippen molar-refractivity contribution in [3.63, 3.8) is 0 Å². The van der Waals surface area contributed by atoms with Crippen LogP contribution in [-0.2, 0) is 16.1 Å². The summed E-state index contributed by atoms with van der Waals surface area (Å²) in [6.07, 6.45) is 6.22. The largest absolute Gasteiger partial charge is 0.384 e. The number of aromatic nitrogens is 2. The van der Waals surface area contributed by atoms with Crippen LogP contribution in [0.2, 0.25) is 0 Å². The lowest BCUT2D eigenvalue weighted by molar-refractivity contribution is -0.130. The summed E-state index contributed by atoms with van der Waals surface area (Å²) in [7, 11) is 1.72. The van der Waals surface area contributed by atoms with Crippen LogP contribution < -0.4 is 0 Å². The zero-order chi connectivity index (χ0) is 12.8. The maximum absolute atomic E-state index is 12.0. The lowest BCUT2D eigenvalue weighted by Gasteiger charge is -2.16. The minimum absolute atomic E-state index is 0.265. The van der Waals surface area contributed by atoms with Gasteiger partial charge in [0.25, 0.3) is 0 Å². The fourth-order valence-electron chi connectivity index (χ4n) is 2.41. The molecule has 0 unspecified atom stereocenters. The first-order chi connectivity index (χ1) is 8.79. The first-order valence-electron chi connectivity index (χ1n) is 6.53. The van der Waals surface area contributed by atoms with Gasteiger partial charge >= 0.3 is 0 Å². The second-order valence-electron chi connectivity index (χ2n) is 4.82. The van der Waals surface area contributed by atoms with E-state index in [1.165, 1.54) is 0 Å². The van der Waals surface area contributed by atoms with E-state index in [1.807, 2.05) is 21.8 Å². The number of hydrogen-bond donors (Lipinski definition) is 0. The van der Waals surface area contributed by atoms with Gasteiger partial charge in [-0.05, 0) is 18.9 Å². The van der Waals surface area contributed by atoms with Gasteiger partial charge < -0.3 is 9.64 Å². The topological polar surface area (TPSA) is 47.4 Å². The van der Waals surface area contributed by atoms with E-state index in [-0.39, 0.29) is 5.91 Å². The number of ether oxygens (including phenoxy) is 1. The number of methoxy groups -OCH3 is 1. The predicted octanol–water partition coefficient (Wildman–Crippen LogP) is 1.16. The van der Waals surface area contributed by atoms with E-state index in [2.05, 4.69) is 5.10 Å². The van der Waals surface area contributed by atoms with Gasteiger partial charge in [0.1, 0.15) is 0 Å². The minimum Gasteiger partial charge on any atom is -0.384 e. The summed E-state index contributed by atoms with van der Waals surface area (Å²) in [5.41, 5.74) is 0. The van der Waals surface area contributed by atoms with Crippen molar-refractivity contribution < 1.29 is 9.53 Å². The van der Waals surface area contributed by atoms with Crippen LogP contribution in [0.3, 0.4) is 0 Å². The Hall–Kier alpha value is -1.36. The lowest BCUT2D eigenvalue weighted by Crippen LogP contribution is -2.29. The van der Waals surface area contributed by atoms with Crippen LogP contribution in [0.4, 0.5) is 0 Å². The molecular weight excluding hydrogens is 230 g/mol. The standard InChI is InChI=1S/C13H21N3O2/c1-18-11-12-5-9-15(10-12)13(17)4-2-7-16-8-3-6-14-16/h3,6,8,12H,2,4-5,7,9-11H2,1H3/t12-/m0/s1. The number of carbonyl (C=O) groups is 1. The summed E-state index contributed by atoms with van der Waals surface area (Å²) in [6.45, 7) is 3.31. The Bertz CT molecular complexity index is 364. The number of amides is 1. The molecule has 1 atom stereocenters. The van der Waals surface area contributed by atoms with Crippen molar-refractivity contribution in [2.24, 2.45) is 5.92 Å². The first-order valence-corrected chi connectivity index (χ1v) is 6.53. The minimum atomic E-state index is 0.265. The van der Waals surface area contributed by atoms with Crippen molar-refractivity contribution in [3.8, 4) is 0 Å². The molecule has 2 rings (SSSR count). The summed E-state index contributed by atoms with van der Waals surface area (Å²) in [5, 5.41) is 4.12. The van der Waals surface area contributed by atoms with E-state index in [0.717, 1.165) is 39.1 Å². The molecule has 0 N–H and O–H groups in total. The highest BCUT2D eigenvalue weighted by molar-refractivity contribution is 5.76. The Morgan fingerprint density at radius 3 is 3.17 bits per heavy atom. The average molecular weight is 251 g/mol. The van der Waals surface area contributed by atoms with Crippen LogP contribution in [0.25, 0.3) is 0 Å². The molecule has 1 fully saturated rings. The van der Waals surface area contributed by atoms with Crippen molar-refractivity contribution in [1.82, 2.24) is 14.7 Å². The SMILES string of the molecule is COC[C@H]1CCN(C(=O)CCCn2cccn2)C1. The van der Waals surface area contributed by atoms with Crippen LogP contribution in [0.5, 0.6) is 0 Å². The number of hydrogen-bond acceptors (Lipinski definition) is 3. The molecule has 5 heteroatoms. The van der Waals surface area contributed by atoms with E-state index < -0.39 is 0 Å². The number of nitrogens with zero attached hydrogens (tertiary/aromatic N) is 3. The monoisotopic (exact) mass is 251 g/mol. The lowest BCUT2D eigenvalue weighted by atomic mass is 10.1. The molecule has 1 aliphatic rings. The van der Waals surface area contributed by atoms with Crippen molar-refractivity contribution in [3.05, 3.63) is 18.5 Å². The van der Waals surface area contributed by atoms with Gasteiger partial charge in [0.15, 0.2) is 0 Å². The number of rotatable bonds is 6. The molecule has 0 saturated carbocycles. The van der Waals surface area contributed by atoms with Crippen molar-refractivity contribution in [2.75, 3.05) is 26.8 Å². The average Bonchev–Trinajstić information content (AvgIpc) is 3.00. The molecule has 1 aliphatic heterocycles. The van der Waals surface area contributed by atoms with Crippen LogP contribution in [-0.4, -0.2) is 47.4 Å². The highest BCUT2D eigenvalue weighted by Gasteiger charge is 2.25. The Kier molecular flexibility index (Phi) is 4.75. The van der Waals surface area contributed by atoms with Gasteiger partial charge in [0.05, 0.1) is 6.61 Å². The molecule has 1 saturated heterocycles. The van der Waals surface area contributed by atoms with Gasteiger partial charge in [0.2, 0.25) is 5.91 Å². The number of likely N-dealkylation sites (tertiary alicyclic amines) is 1. The van der Waals surface area contributed by atoms with Gasteiger partial charge in [-0.15, -0.1) is 0 Å². The van der Waals surface area contributed by atoms with Gasteiger partial charge in [-0.3, -0.25) is 9.48 Å². The number of carbonyl (C=O) groups excluding carboxylic acids is 1. The molecule has 0 aliphatic carbocycles. The quantitative estimate of drug-likeness (QED) is 0.762. The highest BCUT2D eigenvalue weighted by Crippen LogP contribution is 2.17. The molecule has 18 heavy (non-hydrogen) atoms. The molecule has 0 spiro atoms. The summed E-state index contributed by atoms with van der Waals surface area (Å²) < 4.78 is 7.00. The van der Waals surface area contributed by atoms with Gasteiger partial charge in [-0.25, -0.2) is 0 Å². The molecule has 100 valence electrons. The predicted molar refractivity (Wildman–Crippen MR) is 68.0 cm³/mol. The van der Waals surface area contributed by atoms with Crippen LogP contribution in [0.15, 0.2) is 18.5 Å². The second-order valence-corrected chi connectivity index (χ2v) is 4.82. The fraction of sp³-hybridized carbons (Fsp3) is 0.692. The van der Waals surface area contributed by atoms with E-state index in [0.29, 0.717) is 12.3 Å². The summed E-state index contributed by atoms with van der Waals surface area (Å²) >= 11 is 0. The molecule has 1 aromatic rings. The van der Waals surface area contributed by atoms with Gasteiger partial charge in [-0.2, -0.15) is 5.10 Å². The van der Waals surface area contributed by atoms with E-state index in [9.17, 15) is 4.79 Å². The zero-order valence-corrected chi connectivity index (χ0v) is 10.9. The van der Waals surface area contributed by atoms with Gasteiger partial charge in [0, 0.05) is 51.5 Å². The molecule has 2 heterocycles. The Morgan fingerprint density at radius 1 is 1.56 bits per heavy atom. The zero-order valence-electron chi connectivity index (χ0n) is 10.9. The van der Waals surface area contributed by atoms with Crippen molar-refractivity contribution in [2.45, 2.75) is 25.8 Å². The van der Waals surface area contributed by atoms with Gasteiger partial charge in [-0.1, -0.05) is 0 Å². The molecule has 5 nitrogen and oxygen atoms in total. The molecule has 0 aromatic carbocycles. The number of aryl methyl sites for hydroxylation is 1. The summed E-state index contributed by atoms with van der Waals surface area (Å²) in [5.74, 6) is 0.783. The highest BCUT2D eigenvalue weighted by atomic mass is 16.5. The van der Waals surface area contributed by atoms with Crippen LogP contribution in [0, 0.1) is 5.92 Å². The van der Waals surface area contributed by atoms with Crippen LogP contribution in [0.1, 0.15) is 19.3 Å². The normalized spacial score (nSPS) is 19.4. The summed E-state index contributed by atoms with van der Waals surface area (Å²) in [6, 6.07) is 1.90. The van der Waals surface area contributed by atoms with Crippen molar-refractivity contribution in [1.29, 1.82) is 0 Å². The fourth-order valence-corrected chi connectivity index (χ4v) is 2.41. The molecule has 0 bridgehead atoms. The molecule has 0 radical (unpaired) electrons. The molecule has 1 aromatic heterocycles. The first kappa shape index (κ1) is 13.1. The second kappa shape index (κ2) is 6.54. The molecular formula is C13H21N3O2. The van der Waals surface area contributed by atoms with E-state index in [1.54, 1.807) is 13.3 Å². The smallest absolute Gasteiger partial charge is 0.222 e. The maximum atomic E-state index is 12.0. The maximum Gasteiger partial charge on any atom is 0.222 e. The Morgan fingerprint density at radius 2 is 2.44 bits per heavy atom. The third-order valence-corrected chi connectivity index (χ3v) is 3.38. The van der Waals surface area contributed by atoms with E-state index >= 15 is 0 Å². The van der Waals surface area contributed by atoms with E-state index in [4.69, 9.17) is 4.74 Å². The molecule has 1 amide bonds. The van der Waals surface area contributed by atoms with Crippen molar-refractivity contribution >= 4 is 5.91 Å².